The van der Waals surface area contributed by atoms with E-state index in [-0.39, 0.29) is 0 Å². The first kappa shape index (κ1) is 11.1. The molecule has 0 rings (SSSR count). The molecule has 0 aromatic carbocycles. The van der Waals surface area contributed by atoms with Crippen LogP contribution >= 0.6 is 11.6 Å². The summed E-state index contributed by atoms with van der Waals surface area (Å²) in [5, 5.41) is 0.673. The molecule has 0 spiro atoms. The molecule has 0 atom stereocenters. The van der Waals surface area contributed by atoms with Gasteiger partial charge in [0.05, 0.1) is 0 Å². The highest BCUT2D eigenvalue weighted by Crippen LogP contribution is 2.16. The Morgan fingerprint density at radius 2 is 1.64 bits per heavy atom. The van der Waals surface area contributed by atoms with Crippen molar-refractivity contribution in [2.75, 3.05) is 27.2 Å². The van der Waals surface area contributed by atoms with Crippen LogP contribution in [-0.4, -0.2) is 36.0 Å². The summed E-state index contributed by atoms with van der Waals surface area (Å²) in [6, 6.07) is 0. The van der Waals surface area contributed by atoms with Crippen molar-refractivity contribution in [3.8, 4) is 0 Å². The molecule has 0 heterocycles. The summed E-state index contributed by atoms with van der Waals surface area (Å²) in [6.45, 7) is 3.71. The van der Waals surface area contributed by atoms with Crippen molar-refractivity contribution in [3.05, 3.63) is 11.8 Å². The Labute approximate surface area is 73.3 Å². The lowest BCUT2D eigenvalue weighted by Gasteiger charge is -2.24. The van der Waals surface area contributed by atoms with Gasteiger partial charge in [-0.15, -0.1) is 11.6 Å². The van der Waals surface area contributed by atoms with E-state index in [0.717, 1.165) is 0 Å². The first-order chi connectivity index (χ1) is 5.16. The lowest BCUT2D eigenvalue weighted by molar-refractivity contribution is 0.135. The smallest absolute Gasteiger partial charge is 0.374 e. The molecule has 5 heteroatoms. The highest BCUT2D eigenvalue weighted by atomic mass is 35.5. The number of halogens is 1. The van der Waals surface area contributed by atoms with Crippen LogP contribution in [0.3, 0.4) is 0 Å². The van der Waals surface area contributed by atoms with E-state index < -0.39 is 8.80 Å². The molecule has 66 valence electrons. The molecule has 0 aromatic rings. The zero-order valence-electron chi connectivity index (χ0n) is 7.02. The van der Waals surface area contributed by atoms with Crippen molar-refractivity contribution in [1.82, 2.24) is 0 Å². The fourth-order valence-corrected chi connectivity index (χ4v) is 2.79. The molecule has 0 saturated carbocycles. The maximum Gasteiger partial charge on any atom is 0.532 e. The van der Waals surface area contributed by atoms with Gasteiger partial charge in [0, 0.05) is 32.4 Å². The molecule has 0 N–H and O–H groups in total. The van der Waals surface area contributed by atoms with Crippen molar-refractivity contribution < 1.29 is 13.3 Å². The number of allylic oxidation sites excluding steroid dienone is 1. The van der Waals surface area contributed by atoms with E-state index >= 15 is 0 Å². The third kappa shape index (κ3) is 2.28. The minimum Gasteiger partial charge on any atom is -0.374 e. The molecule has 0 unspecified atom stereocenters. The fraction of sp³-hybridized carbons (Fsp3) is 0.667. The van der Waals surface area contributed by atoms with Gasteiger partial charge in [-0.25, -0.2) is 0 Å². The Hall–Kier alpha value is 0.127. The molecule has 0 fully saturated rings. The van der Waals surface area contributed by atoms with Gasteiger partial charge >= 0.3 is 8.80 Å². The van der Waals surface area contributed by atoms with E-state index in [1.807, 2.05) is 0 Å². The zero-order valence-corrected chi connectivity index (χ0v) is 8.77. The Morgan fingerprint density at radius 3 is 1.73 bits per heavy atom. The third-order valence-electron chi connectivity index (χ3n) is 1.40. The standard InChI is InChI=1S/C6H13ClO3Si/c1-6(5-7)11(8-2,9-3)10-4/h1,5H2,2-4H3. The highest BCUT2D eigenvalue weighted by Gasteiger charge is 2.41. The zero-order chi connectivity index (χ0) is 8.91. The Morgan fingerprint density at radius 1 is 1.27 bits per heavy atom. The topological polar surface area (TPSA) is 27.7 Å². The van der Waals surface area contributed by atoms with Gasteiger partial charge in [-0.3, -0.25) is 0 Å². The average molecular weight is 197 g/mol. The predicted molar refractivity (Wildman–Crippen MR) is 46.6 cm³/mol. The van der Waals surface area contributed by atoms with Gasteiger partial charge in [0.15, 0.2) is 0 Å². The normalized spacial score (nSPS) is 11.6. The molecule has 0 aromatic heterocycles. The van der Waals surface area contributed by atoms with Gasteiger partial charge in [0.2, 0.25) is 0 Å². The van der Waals surface area contributed by atoms with Gasteiger partial charge in [0.25, 0.3) is 0 Å². The van der Waals surface area contributed by atoms with Gasteiger partial charge in [0.1, 0.15) is 0 Å². The average Bonchev–Trinajstić information content (AvgIpc) is 2.08. The van der Waals surface area contributed by atoms with Crippen LogP contribution in [0.4, 0.5) is 0 Å². The summed E-state index contributed by atoms with van der Waals surface area (Å²) in [6.07, 6.45) is 0. The minimum absolute atomic E-state index is 0.293. The largest absolute Gasteiger partial charge is 0.532 e. The van der Waals surface area contributed by atoms with Crippen molar-refractivity contribution >= 4 is 20.4 Å². The number of hydrogen-bond acceptors (Lipinski definition) is 3. The second-order valence-corrected chi connectivity index (χ2v) is 5.22. The van der Waals surface area contributed by atoms with E-state index in [1.165, 1.54) is 21.3 Å². The van der Waals surface area contributed by atoms with E-state index in [0.29, 0.717) is 11.1 Å². The first-order valence-corrected chi connectivity index (χ1v) is 5.32. The molecule has 0 radical (unpaired) electrons. The van der Waals surface area contributed by atoms with Crippen LogP contribution in [0.1, 0.15) is 0 Å². The number of alkyl halides is 1. The predicted octanol–water partition coefficient (Wildman–Crippen LogP) is 1.20. The van der Waals surface area contributed by atoms with Crippen molar-refractivity contribution in [3.63, 3.8) is 0 Å². The van der Waals surface area contributed by atoms with Crippen molar-refractivity contribution in [2.45, 2.75) is 0 Å². The summed E-state index contributed by atoms with van der Waals surface area (Å²) < 4.78 is 15.3. The lowest BCUT2D eigenvalue weighted by atomic mass is 10.7. The summed E-state index contributed by atoms with van der Waals surface area (Å²) in [5.41, 5.74) is 0. The monoisotopic (exact) mass is 196 g/mol. The van der Waals surface area contributed by atoms with Crippen LogP contribution in [0.2, 0.25) is 0 Å². The van der Waals surface area contributed by atoms with Gasteiger partial charge in [-0.1, -0.05) is 6.58 Å². The summed E-state index contributed by atoms with van der Waals surface area (Å²) in [5.74, 6) is 0.293. The van der Waals surface area contributed by atoms with Crippen molar-refractivity contribution in [1.29, 1.82) is 0 Å². The van der Waals surface area contributed by atoms with E-state index in [9.17, 15) is 0 Å². The minimum atomic E-state index is -2.65. The molecule has 0 bridgehead atoms. The Bertz CT molecular complexity index is 128. The second-order valence-electron chi connectivity index (χ2n) is 1.91. The van der Waals surface area contributed by atoms with E-state index in [2.05, 4.69) is 6.58 Å². The second kappa shape index (κ2) is 4.90. The quantitative estimate of drug-likeness (QED) is 0.489. The number of hydrogen-bond donors (Lipinski definition) is 0. The lowest BCUT2D eigenvalue weighted by Crippen LogP contribution is -2.45. The SMILES string of the molecule is C=C(CCl)[Si](OC)(OC)OC. The van der Waals surface area contributed by atoms with Crippen LogP contribution in [-0.2, 0) is 13.3 Å². The molecule has 0 aliphatic heterocycles. The third-order valence-corrected chi connectivity index (χ3v) is 4.60. The van der Waals surface area contributed by atoms with Gasteiger partial charge in [-0.05, 0) is 0 Å². The summed E-state index contributed by atoms with van der Waals surface area (Å²) in [4.78, 5) is 0. The molecular weight excluding hydrogens is 184 g/mol. The van der Waals surface area contributed by atoms with Gasteiger partial charge < -0.3 is 13.3 Å². The van der Waals surface area contributed by atoms with Crippen LogP contribution in [0, 0.1) is 0 Å². The maximum absolute atomic E-state index is 5.57. The van der Waals surface area contributed by atoms with Crippen LogP contribution in [0.5, 0.6) is 0 Å². The van der Waals surface area contributed by atoms with Crippen molar-refractivity contribution in [2.24, 2.45) is 0 Å². The Kier molecular flexibility index (Phi) is 4.95. The van der Waals surface area contributed by atoms with Crippen LogP contribution in [0.25, 0.3) is 0 Å². The van der Waals surface area contributed by atoms with E-state index in [4.69, 9.17) is 24.9 Å². The molecular formula is C6H13ClO3Si. The van der Waals surface area contributed by atoms with Crippen LogP contribution in [0.15, 0.2) is 11.8 Å². The van der Waals surface area contributed by atoms with Gasteiger partial charge in [-0.2, -0.15) is 0 Å². The highest BCUT2D eigenvalue weighted by molar-refractivity contribution is 6.69. The summed E-state index contributed by atoms with van der Waals surface area (Å²) >= 11 is 5.57. The van der Waals surface area contributed by atoms with E-state index in [1.54, 1.807) is 0 Å². The Balaban J connectivity index is 4.39. The number of rotatable bonds is 5. The molecule has 11 heavy (non-hydrogen) atoms. The molecule has 0 aliphatic carbocycles. The fourth-order valence-electron chi connectivity index (χ4n) is 0.765. The molecule has 0 saturated heterocycles. The summed E-state index contributed by atoms with van der Waals surface area (Å²) in [7, 11) is 1.93. The molecule has 3 nitrogen and oxygen atoms in total. The first-order valence-electron chi connectivity index (χ1n) is 3.06. The maximum atomic E-state index is 5.57. The molecule has 0 amide bonds. The molecule has 0 aliphatic rings. The van der Waals surface area contributed by atoms with Crippen LogP contribution < -0.4 is 0 Å².